The average molecular weight is 543 g/mol. The summed E-state index contributed by atoms with van der Waals surface area (Å²) in [7, 11) is -4.75. The second-order valence-electron chi connectivity index (χ2n) is 8.49. The van der Waals surface area contributed by atoms with Gasteiger partial charge in [-0.05, 0) is 31.4 Å². The topological polar surface area (TPSA) is 200 Å². The van der Waals surface area contributed by atoms with Crippen LogP contribution in [0.4, 0.5) is 5.82 Å². The minimum Gasteiger partial charge on any atom is -0.518 e. The number of phenolic OH excluding ortho intramolecular Hbond substituents is 1. The molecule has 0 unspecified atom stereocenters. The Hall–Kier alpha value is -2.37. The van der Waals surface area contributed by atoms with Crippen LogP contribution in [0.25, 0.3) is 15.9 Å². The molecule has 16 heteroatoms. The second kappa shape index (κ2) is 11.2. The van der Waals surface area contributed by atoms with Crippen molar-refractivity contribution in [3.63, 3.8) is 0 Å². The smallest absolute Gasteiger partial charge is 0.518 e. The summed E-state index contributed by atoms with van der Waals surface area (Å²) in [5.74, 6) is -1.13. The van der Waals surface area contributed by atoms with Crippen molar-refractivity contribution < 1.29 is 67.0 Å². The molecule has 3 aromatic rings. The maximum absolute atomic E-state index is 12.2. The minimum absolute atomic E-state index is 0. The van der Waals surface area contributed by atoms with Crippen LogP contribution >= 0.6 is 0 Å². The largest absolute Gasteiger partial charge is 1.00 e. The summed E-state index contributed by atoms with van der Waals surface area (Å²) in [6, 6.07) is 5.59. The maximum atomic E-state index is 12.2. The summed E-state index contributed by atoms with van der Waals surface area (Å²) in [4.78, 5) is 24.9. The molecule has 1 amide bonds. The normalized spacial score (nSPS) is 23.8. The number of imidazole rings is 1. The monoisotopic (exact) mass is 542 g/mol. The van der Waals surface area contributed by atoms with Gasteiger partial charge in [-0.2, -0.15) is 0 Å². The zero-order valence-corrected chi connectivity index (χ0v) is 22.5. The predicted octanol–water partition coefficient (Wildman–Crippen LogP) is -2.40. The molecule has 1 saturated carbocycles. The Balaban J connectivity index is 0.00000320. The van der Waals surface area contributed by atoms with E-state index in [1.54, 1.807) is 0 Å². The number of anilines is 1. The van der Waals surface area contributed by atoms with E-state index in [0.29, 0.717) is 23.0 Å². The number of ether oxygens (including phenoxy) is 1. The number of aromatic hydroxyl groups is 1. The number of nitrogens with one attached hydrogen (secondary N) is 1. The van der Waals surface area contributed by atoms with Crippen LogP contribution < -0.4 is 34.9 Å². The molecular formula is C21H23N6NaO8S. The summed E-state index contributed by atoms with van der Waals surface area (Å²) in [5, 5.41) is 34.0. The first-order valence-electron chi connectivity index (χ1n) is 11.1. The fourth-order valence-electron chi connectivity index (χ4n) is 3.97. The van der Waals surface area contributed by atoms with Crippen molar-refractivity contribution in [2.45, 2.75) is 49.8 Å². The number of para-hydroxylation sites is 1. The fraction of sp³-hybridized carbons (Fsp3) is 0.429. The number of hydrogen-bond donors (Lipinski definition) is 4. The van der Waals surface area contributed by atoms with Crippen molar-refractivity contribution in [1.82, 2.24) is 19.5 Å². The molecule has 0 bridgehead atoms. The van der Waals surface area contributed by atoms with Crippen molar-refractivity contribution in [2.75, 3.05) is 11.9 Å². The number of fused-ring (bicyclic) bond motifs is 1. The number of aromatic nitrogens is 4. The molecule has 0 spiro atoms. The van der Waals surface area contributed by atoms with E-state index in [9.17, 15) is 28.5 Å². The van der Waals surface area contributed by atoms with Gasteiger partial charge in [-0.1, -0.05) is 12.1 Å². The van der Waals surface area contributed by atoms with E-state index in [2.05, 4.69) is 25.0 Å². The number of hydrogen-bond acceptors (Lipinski definition) is 12. The second-order valence-corrected chi connectivity index (χ2v) is 9.76. The number of nitrogens with zero attached hydrogens (tertiary/aromatic N) is 5. The van der Waals surface area contributed by atoms with Crippen molar-refractivity contribution in [1.29, 1.82) is 0 Å². The van der Waals surface area contributed by atoms with Gasteiger partial charge in [-0.15, -0.1) is 0 Å². The number of carbonyl (C=O) groups excluding carboxylic acids is 1. The van der Waals surface area contributed by atoms with Crippen LogP contribution in [0, 0.1) is 0 Å². The number of benzene rings is 1. The van der Waals surface area contributed by atoms with Gasteiger partial charge >= 0.3 is 29.6 Å². The number of phenols is 1. The third kappa shape index (κ3) is 5.73. The quantitative estimate of drug-likeness (QED) is 0.220. The predicted molar refractivity (Wildman–Crippen MR) is 123 cm³/mol. The Morgan fingerprint density at radius 1 is 1.19 bits per heavy atom. The number of amides is 1. The fourth-order valence-corrected chi connectivity index (χ4v) is 4.63. The van der Waals surface area contributed by atoms with E-state index in [4.69, 9.17) is 8.92 Å². The van der Waals surface area contributed by atoms with Gasteiger partial charge in [-0.3, -0.25) is 8.75 Å². The standard InChI is InChI=1S/C21H24N6O8S.Na/c28-13-7-2-1-6-12(13)20(31)26-36(32,33)34-8-14-16(29)17(30)21(35-14)27-10-24-15-18(22-9-23-19(15)27)25-11-4-3-5-11;/h1-2,6-7,9-11,14,16-17,21,29-30H,3-5,8H2,(H3,22,23,25,26,28,31);/q;+1/p-1/t14-,16-,17-,21-;/m1./s1. The molecule has 2 fully saturated rings. The molecule has 1 aliphatic carbocycles. The Morgan fingerprint density at radius 2 is 1.95 bits per heavy atom. The van der Waals surface area contributed by atoms with Crippen molar-refractivity contribution in [2.24, 2.45) is 0 Å². The van der Waals surface area contributed by atoms with E-state index in [1.165, 1.54) is 41.5 Å². The summed E-state index contributed by atoms with van der Waals surface area (Å²) in [6.45, 7) is -0.731. The first kappa shape index (κ1) is 27.7. The Labute approximate surface area is 233 Å². The van der Waals surface area contributed by atoms with Crippen LogP contribution in [0.15, 0.2) is 36.9 Å². The van der Waals surface area contributed by atoms with Crippen molar-refractivity contribution in [3.05, 3.63) is 47.2 Å². The molecule has 4 atom stereocenters. The van der Waals surface area contributed by atoms with E-state index < -0.39 is 53.1 Å². The van der Waals surface area contributed by atoms with E-state index in [0.717, 1.165) is 19.3 Å². The molecule has 37 heavy (non-hydrogen) atoms. The minimum atomic E-state index is -4.75. The molecular weight excluding hydrogens is 519 g/mol. The molecule has 2 aromatic heterocycles. The number of aliphatic hydroxyl groups is 2. The van der Waals surface area contributed by atoms with Crippen LogP contribution in [-0.2, 0) is 19.2 Å². The molecule has 2 aliphatic rings. The van der Waals surface area contributed by atoms with Gasteiger partial charge < -0.3 is 34.9 Å². The first-order valence-corrected chi connectivity index (χ1v) is 12.5. The van der Waals surface area contributed by atoms with Crippen LogP contribution in [-0.4, -0.2) is 80.1 Å². The number of rotatable bonds is 8. The summed E-state index contributed by atoms with van der Waals surface area (Å²) in [6.07, 6.45) is 0.504. The number of aliphatic hydroxyl groups excluding tert-OH is 2. The molecule has 3 heterocycles. The van der Waals surface area contributed by atoms with Crippen LogP contribution in [0.5, 0.6) is 5.75 Å². The van der Waals surface area contributed by atoms with Crippen molar-refractivity contribution >= 4 is 33.2 Å². The zero-order valence-electron chi connectivity index (χ0n) is 19.7. The van der Waals surface area contributed by atoms with E-state index >= 15 is 0 Å². The molecule has 1 aromatic carbocycles. The third-order valence-electron chi connectivity index (χ3n) is 6.13. The number of carbonyl (C=O) groups is 1. The summed E-state index contributed by atoms with van der Waals surface area (Å²) in [5.41, 5.74) is 0.483. The van der Waals surface area contributed by atoms with Gasteiger partial charge in [0.2, 0.25) is 10.3 Å². The molecule has 192 valence electrons. The molecule has 5 rings (SSSR count). The van der Waals surface area contributed by atoms with Crippen molar-refractivity contribution in [3.8, 4) is 5.75 Å². The van der Waals surface area contributed by atoms with Crippen LogP contribution in [0.3, 0.4) is 0 Å². The summed E-state index contributed by atoms with van der Waals surface area (Å²) < 4.78 is 39.2. The molecule has 4 N–H and O–H groups in total. The molecule has 14 nitrogen and oxygen atoms in total. The van der Waals surface area contributed by atoms with Gasteiger partial charge in [0.05, 0.1) is 18.8 Å². The van der Waals surface area contributed by atoms with Gasteiger partial charge in [-0.25, -0.2) is 23.4 Å². The van der Waals surface area contributed by atoms with Gasteiger partial charge in [0.15, 0.2) is 23.2 Å². The van der Waals surface area contributed by atoms with Gasteiger partial charge in [0, 0.05) is 11.6 Å². The van der Waals surface area contributed by atoms with Gasteiger partial charge in [0.25, 0.3) is 0 Å². The van der Waals surface area contributed by atoms with E-state index in [-0.39, 0.29) is 35.1 Å². The summed E-state index contributed by atoms with van der Waals surface area (Å²) >= 11 is 0. The molecule has 1 aliphatic heterocycles. The SMILES string of the molecule is O=C([N-]S(=O)(=O)OC[C@H]1O[C@@H](n2cnc3c(NC4CCC4)ncnc32)[C@H](O)[C@@H]1O)c1ccccc1O.[Na+]. The van der Waals surface area contributed by atoms with E-state index in [1.807, 2.05) is 0 Å². The Kier molecular flexibility index (Phi) is 8.35. The zero-order chi connectivity index (χ0) is 25.4. The van der Waals surface area contributed by atoms with Crippen LogP contribution in [0.2, 0.25) is 0 Å². The maximum Gasteiger partial charge on any atom is 1.00 e. The van der Waals surface area contributed by atoms with Gasteiger partial charge in [0.1, 0.15) is 30.4 Å². The molecule has 1 saturated heterocycles. The first-order chi connectivity index (χ1) is 17.2. The Morgan fingerprint density at radius 3 is 2.65 bits per heavy atom. The van der Waals surface area contributed by atoms with Crippen LogP contribution in [0.1, 0.15) is 35.8 Å². The Bertz CT molecular complexity index is 1380. The third-order valence-corrected chi connectivity index (χ3v) is 6.95. The average Bonchev–Trinajstić information content (AvgIpc) is 3.36. The molecule has 0 radical (unpaired) electrons.